The third-order valence-electron chi connectivity index (χ3n) is 3.31. The van der Waals surface area contributed by atoms with E-state index < -0.39 is 0 Å². The van der Waals surface area contributed by atoms with Crippen LogP contribution in [-0.4, -0.2) is 15.9 Å². The van der Waals surface area contributed by atoms with Gasteiger partial charge in [-0.25, -0.2) is 15.0 Å². The molecule has 130 valence electrons. The van der Waals surface area contributed by atoms with Crippen molar-refractivity contribution in [2.45, 2.75) is 19.0 Å². The predicted molar refractivity (Wildman–Crippen MR) is 107 cm³/mol. The Balaban J connectivity index is 1.79. The second kappa shape index (κ2) is 8.97. The van der Waals surface area contributed by atoms with E-state index in [0.29, 0.717) is 11.1 Å². The first-order valence-electron chi connectivity index (χ1n) is 8.21. The van der Waals surface area contributed by atoms with Crippen LogP contribution in [0.1, 0.15) is 11.4 Å². The fraction of sp³-hybridized carbons (Fsp3) is 0.0952. The topological polar surface area (TPSA) is 47.4 Å². The second-order valence-electron chi connectivity index (χ2n) is 5.55. The number of aryl methyl sites for hydroxylation is 2. The highest BCUT2D eigenvalue weighted by Crippen LogP contribution is 2.18. The van der Waals surface area contributed by atoms with Gasteiger partial charge in [-0.3, -0.25) is 0 Å². The van der Waals surface area contributed by atoms with Gasteiger partial charge in [0.2, 0.25) is 5.90 Å². The molecule has 4 nitrogen and oxygen atoms in total. The molecule has 0 amide bonds. The van der Waals surface area contributed by atoms with Crippen LogP contribution in [0, 0.1) is 13.8 Å². The van der Waals surface area contributed by atoms with E-state index in [2.05, 4.69) is 15.0 Å². The smallest absolute Gasteiger partial charge is 0.220 e. The Kier molecular flexibility index (Phi) is 6.17. The molecular formula is C21H19N3OS. The highest BCUT2D eigenvalue weighted by atomic mass is 32.2. The molecule has 0 saturated carbocycles. The van der Waals surface area contributed by atoms with E-state index in [9.17, 15) is 0 Å². The van der Waals surface area contributed by atoms with Crippen molar-refractivity contribution in [3.8, 4) is 5.75 Å². The lowest BCUT2D eigenvalue weighted by Gasteiger charge is -2.05. The summed E-state index contributed by atoms with van der Waals surface area (Å²) in [6, 6.07) is 21.3. The third kappa shape index (κ3) is 5.57. The highest BCUT2D eigenvalue weighted by molar-refractivity contribution is 8.02. The van der Waals surface area contributed by atoms with Gasteiger partial charge in [-0.1, -0.05) is 48.2 Å². The zero-order valence-electron chi connectivity index (χ0n) is 14.7. The van der Waals surface area contributed by atoms with Gasteiger partial charge in [0.15, 0.2) is 5.16 Å². The maximum absolute atomic E-state index is 5.91. The van der Waals surface area contributed by atoms with Crippen molar-refractivity contribution in [1.82, 2.24) is 9.97 Å². The van der Waals surface area contributed by atoms with Crippen LogP contribution in [0.3, 0.4) is 0 Å². The molecule has 3 rings (SSSR count). The maximum Gasteiger partial charge on any atom is 0.220 e. The lowest BCUT2D eigenvalue weighted by Crippen LogP contribution is -2.04. The Bertz CT molecular complexity index is 889. The largest absolute Gasteiger partial charge is 0.439 e. The SMILES string of the molecule is Cc1cc(C)nc(SC=CC(=Nc2ccccc2)Oc2ccccc2)n1. The minimum Gasteiger partial charge on any atom is -0.439 e. The van der Waals surface area contributed by atoms with Gasteiger partial charge < -0.3 is 4.74 Å². The van der Waals surface area contributed by atoms with Crippen molar-refractivity contribution in [3.63, 3.8) is 0 Å². The third-order valence-corrected chi connectivity index (χ3v) is 3.97. The van der Waals surface area contributed by atoms with E-state index in [1.165, 1.54) is 11.8 Å². The van der Waals surface area contributed by atoms with Crippen molar-refractivity contribution < 1.29 is 4.74 Å². The van der Waals surface area contributed by atoms with E-state index in [1.807, 2.05) is 92.1 Å². The number of para-hydroxylation sites is 2. The van der Waals surface area contributed by atoms with Gasteiger partial charge in [-0.05, 0) is 49.6 Å². The predicted octanol–water partition coefficient (Wildman–Crippen LogP) is 5.51. The number of hydrogen-bond acceptors (Lipinski definition) is 5. The number of thioether (sulfide) groups is 1. The number of nitrogens with zero attached hydrogens (tertiary/aromatic N) is 3. The maximum atomic E-state index is 5.91. The summed E-state index contributed by atoms with van der Waals surface area (Å²) >= 11 is 1.43. The van der Waals surface area contributed by atoms with E-state index in [1.54, 1.807) is 0 Å². The van der Waals surface area contributed by atoms with Gasteiger partial charge in [0.05, 0.1) is 5.69 Å². The van der Waals surface area contributed by atoms with E-state index >= 15 is 0 Å². The Morgan fingerprint density at radius 1 is 0.923 bits per heavy atom. The molecule has 0 bridgehead atoms. The Morgan fingerprint density at radius 2 is 1.54 bits per heavy atom. The van der Waals surface area contributed by atoms with Gasteiger partial charge in [-0.15, -0.1) is 0 Å². The molecule has 0 aliphatic heterocycles. The lowest BCUT2D eigenvalue weighted by atomic mass is 10.3. The molecule has 26 heavy (non-hydrogen) atoms. The standard InChI is InChI=1S/C21H19N3OS/c1-16-15-17(2)23-21(22-16)26-14-13-20(24-18-9-5-3-6-10-18)25-19-11-7-4-8-12-19/h3-15H,1-2H3. The molecule has 0 spiro atoms. The fourth-order valence-corrected chi connectivity index (χ4v) is 2.93. The van der Waals surface area contributed by atoms with Gasteiger partial charge >= 0.3 is 0 Å². The van der Waals surface area contributed by atoms with Crippen LogP contribution in [0.4, 0.5) is 5.69 Å². The average Bonchev–Trinajstić information content (AvgIpc) is 2.62. The molecule has 0 aliphatic carbocycles. The minimum atomic E-state index is 0.499. The lowest BCUT2D eigenvalue weighted by molar-refractivity contribution is 0.556. The molecular weight excluding hydrogens is 342 g/mol. The summed E-state index contributed by atoms with van der Waals surface area (Å²) in [5, 5.41) is 2.59. The molecule has 1 aromatic heterocycles. The zero-order chi connectivity index (χ0) is 18.2. The first-order valence-corrected chi connectivity index (χ1v) is 9.09. The molecule has 0 fully saturated rings. The molecule has 0 unspecified atom stereocenters. The summed E-state index contributed by atoms with van der Waals surface area (Å²) in [4.78, 5) is 13.4. The van der Waals surface area contributed by atoms with Crippen molar-refractivity contribution >= 4 is 23.3 Å². The molecule has 0 saturated heterocycles. The normalized spacial score (nSPS) is 11.7. The van der Waals surface area contributed by atoms with E-state index in [-0.39, 0.29) is 0 Å². The average molecular weight is 361 g/mol. The quantitative estimate of drug-likeness (QED) is 0.260. The van der Waals surface area contributed by atoms with Crippen LogP contribution >= 0.6 is 11.8 Å². The summed E-state index contributed by atoms with van der Waals surface area (Å²) in [5.74, 6) is 1.23. The highest BCUT2D eigenvalue weighted by Gasteiger charge is 2.02. The summed E-state index contributed by atoms with van der Waals surface area (Å²) in [6.45, 7) is 3.92. The van der Waals surface area contributed by atoms with E-state index in [0.717, 1.165) is 22.8 Å². The van der Waals surface area contributed by atoms with Crippen molar-refractivity contribution in [3.05, 3.63) is 89.6 Å². The van der Waals surface area contributed by atoms with Crippen molar-refractivity contribution in [2.75, 3.05) is 0 Å². The van der Waals surface area contributed by atoms with Crippen LogP contribution in [0.15, 0.2) is 88.4 Å². The first kappa shape index (κ1) is 17.9. The van der Waals surface area contributed by atoms with Crippen molar-refractivity contribution in [1.29, 1.82) is 0 Å². The van der Waals surface area contributed by atoms with Gasteiger partial charge in [-0.2, -0.15) is 0 Å². The molecule has 0 atom stereocenters. The molecule has 5 heteroatoms. The summed E-state index contributed by atoms with van der Waals surface area (Å²) < 4.78 is 5.91. The molecule has 3 aromatic rings. The Labute approximate surface area is 157 Å². The second-order valence-corrected chi connectivity index (χ2v) is 6.43. The molecule has 2 aromatic carbocycles. The monoisotopic (exact) mass is 361 g/mol. The van der Waals surface area contributed by atoms with E-state index in [4.69, 9.17) is 4.74 Å². The number of rotatable bonds is 5. The van der Waals surface area contributed by atoms with Crippen LogP contribution in [0.25, 0.3) is 0 Å². The van der Waals surface area contributed by atoms with Gasteiger partial charge in [0.25, 0.3) is 0 Å². The van der Waals surface area contributed by atoms with Crippen LogP contribution in [0.5, 0.6) is 5.75 Å². The number of aliphatic imine (C=N–C) groups is 1. The summed E-state index contributed by atoms with van der Waals surface area (Å²) in [5.41, 5.74) is 2.73. The number of benzene rings is 2. The number of aromatic nitrogens is 2. The summed E-state index contributed by atoms with van der Waals surface area (Å²) in [6.07, 6.45) is 1.83. The van der Waals surface area contributed by atoms with Gasteiger partial charge in [0, 0.05) is 17.5 Å². The molecule has 0 radical (unpaired) electrons. The Hall–Kier alpha value is -2.92. The van der Waals surface area contributed by atoms with Crippen LogP contribution in [0.2, 0.25) is 0 Å². The van der Waals surface area contributed by atoms with Crippen molar-refractivity contribution in [2.24, 2.45) is 4.99 Å². The zero-order valence-corrected chi connectivity index (χ0v) is 15.5. The first-order chi connectivity index (χ1) is 12.7. The van der Waals surface area contributed by atoms with Crippen LogP contribution in [-0.2, 0) is 0 Å². The van der Waals surface area contributed by atoms with Crippen LogP contribution < -0.4 is 4.74 Å². The number of ether oxygens (including phenoxy) is 1. The van der Waals surface area contributed by atoms with Gasteiger partial charge in [0.1, 0.15) is 5.75 Å². The molecule has 0 N–H and O–H groups in total. The minimum absolute atomic E-state index is 0.499. The fourth-order valence-electron chi connectivity index (χ4n) is 2.23. The molecule has 0 aliphatic rings. The summed E-state index contributed by atoms with van der Waals surface area (Å²) in [7, 11) is 0. The number of hydrogen-bond donors (Lipinski definition) is 0. The Morgan fingerprint density at radius 3 is 2.19 bits per heavy atom. The molecule has 1 heterocycles.